The van der Waals surface area contributed by atoms with Gasteiger partial charge in [0.2, 0.25) is 0 Å². The Bertz CT molecular complexity index is 890. The second kappa shape index (κ2) is 34.3. The van der Waals surface area contributed by atoms with E-state index in [1.807, 2.05) is 13.0 Å². The van der Waals surface area contributed by atoms with Gasteiger partial charge in [0.15, 0.2) is 0 Å². The van der Waals surface area contributed by atoms with Crippen molar-refractivity contribution in [2.45, 2.75) is 240 Å². The van der Waals surface area contributed by atoms with E-state index in [2.05, 4.69) is 58.1 Å². The van der Waals surface area contributed by atoms with Gasteiger partial charge in [-0.25, -0.2) is 0 Å². The van der Waals surface area contributed by atoms with Gasteiger partial charge in [-0.2, -0.15) is 0 Å². The fourth-order valence-electron chi connectivity index (χ4n) is 7.47. The lowest BCUT2D eigenvalue weighted by atomic mass is 9.91. The van der Waals surface area contributed by atoms with E-state index in [1.165, 1.54) is 209 Å². The summed E-state index contributed by atoms with van der Waals surface area (Å²) in [6.07, 6.45) is 45.3. The molecule has 0 radical (unpaired) electrons. The van der Waals surface area contributed by atoms with Crippen LogP contribution in [0, 0.1) is 0 Å². The van der Waals surface area contributed by atoms with Crippen molar-refractivity contribution >= 4 is 11.3 Å². The van der Waals surface area contributed by atoms with Gasteiger partial charge >= 0.3 is 0 Å². The summed E-state index contributed by atoms with van der Waals surface area (Å²) in [5.74, 6) is 0.940. The molecule has 1 N–H and O–H groups in total. The summed E-state index contributed by atoms with van der Waals surface area (Å²) < 4.78 is 11.4. The minimum Gasteiger partial charge on any atom is -0.494 e. The first kappa shape index (κ1) is 47.5. The number of nitrogens with one attached hydrogen (secondary N) is 1. The van der Waals surface area contributed by atoms with Crippen molar-refractivity contribution in [2.75, 3.05) is 25.1 Å². The van der Waals surface area contributed by atoms with Crippen LogP contribution in [0.25, 0.3) is 5.57 Å². The third kappa shape index (κ3) is 28.7. The molecular formula is C48H89NO2. The van der Waals surface area contributed by atoms with Gasteiger partial charge in [0.25, 0.3) is 0 Å². The number of benzene rings is 1. The number of allylic oxidation sites excluding steroid dienone is 1. The lowest BCUT2D eigenvalue weighted by molar-refractivity contribution is 0.125. The highest BCUT2D eigenvalue weighted by Crippen LogP contribution is 2.35. The molecule has 0 fully saturated rings. The summed E-state index contributed by atoms with van der Waals surface area (Å²) in [4.78, 5) is 0. The predicted molar refractivity (Wildman–Crippen MR) is 230 cm³/mol. The van der Waals surface area contributed by atoms with E-state index >= 15 is 0 Å². The normalized spacial score (nSPS) is 13.3. The van der Waals surface area contributed by atoms with Crippen molar-refractivity contribution in [3.8, 4) is 5.75 Å². The minimum atomic E-state index is 0.0320. The number of fused-ring (bicyclic) bond motifs is 1. The molecule has 51 heavy (non-hydrogen) atoms. The van der Waals surface area contributed by atoms with Crippen molar-refractivity contribution in [3.63, 3.8) is 0 Å². The van der Waals surface area contributed by atoms with Crippen LogP contribution in [-0.4, -0.2) is 25.4 Å². The van der Waals surface area contributed by atoms with Crippen molar-refractivity contribution in [1.29, 1.82) is 0 Å². The van der Waals surface area contributed by atoms with Gasteiger partial charge in [-0.1, -0.05) is 200 Å². The number of anilines is 1. The average molecular weight is 712 g/mol. The zero-order valence-electron chi connectivity index (χ0n) is 35.5. The molecule has 0 amide bonds. The molecule has 2 rings (SSSR count). The van der Waals surface area contributed by atoms with Crippen LogP contribution in [0.15, 0.2) is 24.3 Å². The van der Waals surface area contributed by atoms with E-state index < -0.39 is 0 Å². The van der Waals surface area contributed by atoms with Gasteiger partial charge < -0.3 is 14.8 Å². The molecular weight excluding hydrogens is 623 g/mol. The summed E-state index contributed by atoms with van der Waals surface area (Å²) in [5, 5.41) is 3.50. The van der Waals surface area contributed by atoms with Crippen molar-refractivity contribution < 1.29 is 9.47 Å². The number of rotatable bonds is 34. The maximum absolute atomic E-state index is 5.86. The molecule has 0 aliphatic carbocycles. The molecule has 1 aromatic rings. The first-order valence-electron chi connectivity index (χ1n) is 22.8. The SMILES string of the molecule is CCCCCCCCCCCCCCCCCCOCCCCCCCCCCCCCCCC.CCOc1ccc2c(c1)C(C)=CC(C)(C)N2. The van der Waals surface area contributed by atoms with Gasteiger partial charge in [-0.3, -0.25) is 0 Å². The van der Waals surface area contributed by atoms with E-state index in [4.69, 9.17) is 9.47 Å². The Kier molecular flexibility index (Phi) is 32.0. The summed E-state index contributed by atoms with van der Waals surface area (Å²) in [7, 11) is 0. The molecule has 0 spiro atoms. The molecule has 0 atom stereocenters. The molecule has 0 bridgehead atoms. The quantitative estimate of drug-likeness (QED) is 0.0722. The molecule has 0 saturated carbocycles. The smallest absolute Gasteiger partial charge is 0.120 e. The van der Waals surface area contributed by atoms with Gasteiger partial charge in [0.1, 0.15) is 5.75 Å². The van der Waals surface area contributed by atoms with Crippen molar-refractivity contribution in [1.82, 2.24) is 0 Å². The van der Waals surface area contributed by atoms with Gasteiger partial charge in [-0.05, 0) is 64.3 Å². The monoisotopic (exact) mass is 712 g/mol. The second-order valence-corrected chi connectivity index (χ2v) is 16.3. The highest BCUT2D eigenvalue weighted by atomic mass is 16.5. The van der Waals surface area contributed by atoms with Crippen LogP contribution in [0.5, 0.6) is 5.75 Å². The molecule has 298 valence electrons. The Morgan fingerprint density at radius 3 is 1.20 bits per heavy atom. The number of unbranched alkanes of at least 4 members (excludes halogenated alkanes) is 28. The Morgan fingerprint density at radius 2 is 0.843 bits per heavy atom. The fraction of sp³-hybridized carbons (Fsp3) is 0.833. The standard InChI is InChI=1S/C34H70O.C14H19NO/c1-3-5-7-9-11-13-15-17-19-20-22-24-26-28-30-32-34-35-33-31-29-27-25-23-21-18-16-14-12-10-8-6-4-2;1-5-16-11-6-7-13-12(8-11)10(2)9-14(3,4)15-13/h3-34H2,1-2H3;6-9,15H,5H2,1-4H3. The molecule has 0 unspecified atom stereocenters. The van der Waals surface area contributed by atoms with Crippen LogP contribution in [0.1, 0.15) is 240 Å². The molecule has 3 heteroatoms. The van der Waals surface area contributed by atoms with Gasteiger partial charge in [-0.15, -0.1) is 0 Å². The van der Waals surface area contributed by atoms with Crippen molar-refractivity contribution in [2.24, 2.45) is 0 Å². The zero-order chi connectivity index (χ0) is 37.1. The van der Waals surface area contributed by atoms with Crippen LogP contribution in [0.4, 0.5) is 5.69 Å². The zero-order valence-corrected chi connectivity index (χ0v) is 35.5. The van der Waals surface area contributed by atoms with E-state index in [0.717, 1.165) is 19.0 Å². The summed E-state index contributed by atoms with van der Waals surface area (Å²) in [6.45, 7) is 15.8. The predicted octanol–water partition coefficient (Wildman–Crippen LogP) is 16.4. The van der Waals surface area contributed by atoms with E-state index in [0.29, 0.717) is 6.61 Å². The first-order chi connectivity index (χ1) is 24.9. The van der Waals surface area contributed by atoms with Crippen LogP contribution >= 0.6 is 0 Å². The maximum atomic E-state index is 5.86. The molecule has 1 heterocycles. The Hall–Kier alpha value is -1.48. The maximum Gasteiger partial charge on any atom is 0.120 e. The van der Waals surface area contributed by atoms with Crippen LogP contribution in [-0.2, 0) is 4.74 Å². The Balaban J connectivity index is 0.000000666. The third-order valence-electron chi connectivity index (χ3n) is 10.5. The number of ether oxygens (including phenoxy) is 2. The van der Waals surface area contributed by atoms with Crippen LogP contribution < -0.4 is 10.1 Å². The van der Waals surface area contributed by atoms with Gasteiger partial charge in [0, 0.05) is 24.5 Å². The molecule has 1 aliphatic rings. The first-order valence-corrected chi connectivity index (χ1v) is 22.8. The molecule has 1 aromatic carbocycles. The van der Waals surface area contributed by atoms with Crippen LogP contribution in [0.2, 0.25) is 0 Å². The summed E-state index contributed by atoms with van der Waals surface area (Å²) in [6, 6.07) is 6.22. The molecule has 0 aromatic heterocycles. The highest BCUT2D eigenvalue weighted by molar-refractivity contribution is 5.80. The largest absolute Gasteiger partial charge is 0.494 e. The average Bonchev–Trinajstić information content (AvgIpc) is 3.11. The number of hydrogen-bond donors (Lipinski definition) is 1. The molecule has 3 nitrogen and oxygen atoms in total. The third-order valence-corrected chi connectivity index (χ3v) is 10.5. The van der Waals surface area contributed by atoms with Crippen LogP contribution in [0.3, 0.4) is 0 Å². The lowest BCUT2D eigenvalue weighted by Crippen LogP contribution is -2.31. The van der Waals surface area contributed by atoms with Gasteiger partial charge in [0.05, 0.1) is 12.1 Å². The summed E-state index contributed by atoms with van der Waals surface area (Å²) >= 11 is 0. The van der Waals surface area contributed by atoms with E-state index in [9.17, 15) is 0 Å². The Morgan fingerprint density at radius 1 is 0.490 bits per heavy atom. The topological polar surface area (TPSA) is 30.5 Å². The van der Waals surface area contributed by atoms with Crippen molar-refractivity contribution in [3.05, 3.63) is 29.8 Å². The second-order valence-electron chi connectivity index (χ2n) is 16.3. The molecule has 0 saturated heterocycles. The van der Waals surface area contributed by atoms with E-state index in [1.54, 1.807) is 0 Å². The highest BCUT2D eigenvalue weighted by Gasteiger charge is 2.22. The summed E-state index contributed by atoms with van der Waals surface area (Å²) in [5.41, 5.74) is 3.77. The molecule has 1 aliphatic heterocycles. The fourth-order valence-corrected chi connectivity index (χ4v) is 7.47. The minimum absolute atomic E-state index is 0.0320. The number of hydrogen-bond acceptors (Lipinski definition) is 3. The van der Waals surface area contributed by atoms with E-state index in [-0.39, 0.29) is 5.54 Å². The lowest BCUT2D eigenvalue weighted by Gasteiger charge is -2.31. The Labute approximate surface area is 320 Å².